The van der Waals surface area contributed by atoms with Crippen molar-refractivity contribution in [3.63, 3.8) is 0 Å². The van der Waals surface area contributed by atoms with Crippen LogP contribution in [-0.2, 0) is 65.4 Å². The van der Waals surface area contributed by atoms with Crippen molar-refractivity contribution >= 4 is 0 Å². The van der Waals surface area contributed by atoms with Gasteiger partial charge in [0.2, 0.25) is 0 Å². The molecule has 0 N–H and O–H groups in total. The van der Waals surface area contributed by atoms with Gasteiger partial charge in [-0.15, -0.1) is 0 Å². The summed E-state index contributed by atoms with van der Waals surface area (Å²) < 4.78 is 0. The van der Waals surface area contributed by atoms with Crippen molar-refractivity contribution < 1.29 is 65.4 Å². The fraction of sp³-hybridized carbons (Fsp3) is 0.500. The molecule has 0 amide bonds. The topological polar surface area (TPSA) is 0 Å². The van der Waals surface area contributed by atoms with E-state index < -0.39 is 0 Å². The molecule has 0 aliphatic rings. The largest absolute Gasteiger partial charge is 0.358 e. The second-order valence-corrected chi connectivity index (χ2v) is 0.707. The minimum atomic E-state index is 0. The summed E-state index contributed by atoms with van der Waals surface area (Å²) in [5.41, 5.74) is 0. The van der Waals surface area contributed by atoms with Crippen LogP contribution in [0.25, 0.3) is 0 Å². The van der Waals surface area contributed by atoms with Crippen LogP contribution in [-0.4, -0.2) is 0 Å². The molecule has 0 aromatic carbocycles. The molecule has 0 atom stereocenters. The fourth-order valence-corrected chi connectivity index (χ4v) is 0. The Balaban J connectivity index is -0.00000000200. The molecule has 0 bridgehead atoms. The predicted octanol–water partition coefficient (Wildman–Crippen LogP) is 2.76. The van der Waals surface area contributed by atoms with Crippen LogP contribution in [0, 0.1) is 22.3 Å². The third-order valence-electron chi connectivity index (χ3n) is 0. The van der Waals surface area contributed by atoms with Gasteiger partial charge in [-0.25, -0.2) is 0 Å². The average molecular weight is 267 g/mol. The van der Waals surface area contributed by atoms with Crippen molar-refractivity contribution in [3.8, 4) is 0 Å². The van der Waals surface area contributed by atoms with E-state index in [9.17, 15) is 0 Å². The van der Waals surface area contributed by atoms with E-state index in [1.807, 2.05) is 0 Å². The quantitative estimate of drug-likeness (QED) is 0.592. The zero-order valence-electron chi connectivity index (χ0n) is 6.86. The van der Waals surface area contributed by atoms with E-state index in [4.69, 9.17) is 0 Å². The average Bonchev–Trinajstić information content (AvgIpc) is 0.918. The van der Waals surface area contributed by atoms with Gasteiger partial charge in [-0.2, -0.15) is 0 Å². The fourth-order valence-electron chi connectivity index (χ4n) is 0. The summed E-state index contributed by atoms with van der Waals surface area (Å²) in [6, 6.07) is 0. The molecule has 0 nitrogen and oxygen atoms in total. The van der Waals surface area contributed by atoms with Crippen LogP contribution in [0.4, 0.5) is 0 Å². The molecule has 50 valence electrons. The van der Waals surface area contributed by atoms with Crippen molar-refractivity contribution in [2.24, 2.45) is 0 Å². The summed E-state index contributed by atoms with van der Waals surface area (Å²) in [7, 11) is 0. The Morgan fingerprint density at radius 2 is 0.750 bits per heavy atom. The van der Waals surface area contributed by atoms with Gasteiger partial charge < -0.3 is 22.3 Å². The summed E-state index contributed by atoms with van der Waals surface area (Å²) in [4.78, 5) is 0. The third kappa shape index (κ3) is 87.5. The van der Waals surface area contributed by atoms with Crippen LogP contribution in [0.1, 0.15) is 20.3 Å². The minimum absolute atomic E-state index is 0. The van der Waals surface area contributed by atoms with Crippen LogP contribution < -0.4 is 0 Å². The van der Waals surface area contributed by atoms with Gasteiger partial charge in [0.15, 0.2) is 0 Å². The summed E-state index contributed by atoms with van der Waals surface area (Å²) in [6.45, 7) is 4.25. The Hall–Kier alpha value is 2.21. The molecule has 0 aromatic rings. The Bertz CT molecular complexity index is 6.49. The third-order valence-corrected chi connectivity index (χ3v) is 0. The maximum Gasteiger partial charge on any atom is 0 e. The molecule has 0 rings (SSSR count). The van der Waals surface area contributed by atoms with Gasteiger partial charge >= 0.3 is 0 Å². The zero-order chi connectivity index (χ0) is 2.71. The first-order chi connectivity index (χ1) is 1.41. The Morgan fingerprint density at radius 1 is 0.750 bits per heavy atom. The molecular formula is C6H17Y2-3. The first-order valence-electron chi connectivity index (χ1n) is 1.41. The van der Waals surface area contributed by atoms with Gasteiger partial charge in [0.05, 0.1) is 0 Å². The predicted molar refractivity (Wildman–Crippen MR) is 35.2 cm³/mol. The molecule has 0 heterocycles. The van der Waals surface area contributed by atoms with Crippen molar-refractivity contribution in [2.45, 2.75) is 20.3 Å². The van der Waals surface area contributed by atoms with Crippen molar-refractivity contribution in [2.75, 3.05) is 0 Å². The standard InChI is InChI=1S/C3H8.3CH3.2Y/c1-3-2;;;;;/h3H2,1-2H3;3*1H3;;/q;3*-1;;. The van der Waals surface area contributed by atoms with Gasteiger partial charge in [0, 0.05) is 65.4 Å². The molecule has 8 heavy (non-hydrogen) atoms. The Morgan fingerprint density at radius 3 is 0.750 bits per heavy atom. The minimum Gasteiger partial charge on any atom is -0.358 e. The van der Waals surface area contributed by atoms with Gasteiger partial charge in [-0.05, 0) is 0 Å². The molecular weight excluding hydrogens is 250 g/mol. The second kappa shape index (κ2) is 60.3. The van der Waals surface area contributed by atoms with Crippen LogP contribution in [0.15, 0.2) is 0 Å². The van der Waals surface area contributed by atoms with Crippen LogP contribution >= 0.6 is 0 Å². The first kappa shape index (κ1) is 48.9. The van der Waals surface area contributed by atoms with E-state index in [0.29, 0.717) is 0 Å². The van der Waals surface area contributed by atoms with E-state index in [0.717, 1.165) is 0 Å². The normalized spacial score (nSPS) is 2.25. The molecule has 0 fully saturated rings. The second-order valence-electron chi connectivity index (χ2n) is 0.707. The Labute approximate surface area is 106 Å². The molecule has 0 aliphatic carbocycles. The first-order valence-corrected chi connectivity index (χ1v) is 1.41. The molecule has 2 heteroatoms. The summed E-state index contributed by atoms with van der Waals surface area (Å²) in [5, 5.41) is 0. The molecule has 0 spiro atoms. The maximum atomic E-state index is 2.12. The van der Waals surface area contributed by atoms with Gasteiger partial charge in [-0.3, -0.25) is 0 Å². The van der Waals surface area contributed by atoms with E-state index in [1.165, 1.54) is 6.42 Å². The van der Waals surface area contributed by atoms with Crippen LogP contribution in [0.2, 0.25) is 0 Å². The van der Waals surface area contributed by atoms with E-state index in [2.05, 4.69) is 13.8 Å². The van der Waals surface area contributed by atoms with Crippen molar-refractivity contribution in [1.29, 1.82) is 0 Å². The molecule has 2 radical (unpaired) electrons. The molecule has 0 saturated carbocycles. The Kier molecular flexibility index (Phi) is 368. The van der Waals surface area contributed by atoms with E-state index in [1.54, 1.807) is 0 Å². The van der Waals surface area contributed by atoms with Crippen LogP contribution in [0.5, 0.6) is 0 Å². The molecule has 0 aliphatic heterocycles. The smallest absolute Gasteiger partial charge is 0 e. The van der Waals surface area contributed by atoms with E-state index in [-0.39, 0.29) is 87.7 Å². The van der Waals surface area contributed by atoms with E-state index >= 15 is 0 Å². The van der Waals surface area contributed by atoms with Gasteiger partial charge in [-0.1, -0.05) is 20.3 Å². The number of rotatable bonds is 0. The molecule has 0 unspecified atom stereocenters. The monoisotopic (exact) mass is 267 g/mol. The van der Waals surface area contributed by atoms with Crippen molar-refractivity contribution in [1.82, 2.24) is 0 Å². The van der Waals surface area contributed by atoms with Gasteiger partial charge in [0.1, 0.15) is 0 Å². The molecule has 0 aromatic heterocycles. The number of hydrogen-bond acceptors (Lipinski definition) is 0. The van der Waals surface area contributed by atoms with Crippen LogP contribution in [0.3, 0.4) is 0 Å². The van der Waals surface area contributed by atoms with Crippen molar-refractivity contribution in [3.05, 3.63) is 22.3 Å². The SMILES string of the molecule is CCC.[CH3-].[CH3-].[CH3-].[Y].[Y]. The molecule has 0 saturated heterocycles. The zero-order valence-corrected chi connectivity index (χ0v) is 12.5. The maximum absolute atomic E-state index is 2.12. The summed E-state index contributed by atoms with van der Waals surface area (Å²) in [5.74, 6) is 0. The summed E-state index contributed by atoms with van der Waals surface area (Å²) >= 11 is 0. The summed E-state index contributed by atoms with van der Waals surface area (Å²) in [6.07, 6.45) is 1.25. The van der Waals surface area contributed by atoms with Gasteiger partial charge in [0.25, 0.3) is 0 Å². The number of hydrogen-bond donors (Lipinski definition) is 0.